The maximum absolute atomic E-state index is 12.1. The van der Waals surface area contributed by atoms with Gasteiger partial charge in [0.1, 0.15) is 5.69 Å². The molecule has 1 saturated carbocycles. The van der Waals surface area contributed by atoms with E-state index in [0.29, 0.717) is 6.54 Å². The molecule has 0 bridgehead atoms. The molecule has 1 aliphatic carbocycles. The summed E-state index contributed by atoms with van der Waals surface area (Å²) in [6.45, 7) is 5.56. The fourth-order valence-electron chi connectivity index (χ4n) is 2.73. The van der Waals surface area contributed by atoms with Crippen molar-refractivity contribution in [3.8, 4) is 0 Å². The second-order valence-corrected chi connectivity index (χ2v) is 5.41. The molecule has 0 aromatic carbocycles. The molecule has 5 nitrogen and oxygen atoms in total. The number of rotatable bonds is 5. The Kier molecular flexibility index (Phi) is 4.93. The molecule has 19 heavy (non-hydrogen) atoms. The van der Waals surface area contributed by atoms with Crippen LogP contribution in [0.4, 0.5) is 0 Å². The van der Waals surface area contributed by atoms with Gasteiger partial charge in [0.05, 0.1) is 12.7 Å². The monoisotopic (exact) mass is 264 g/mol. The van der Waals surface area contributed by atoms with Crippen LogP contribution in [0.3, 0.4) is 0 Å². The second kappa shape index (κ2) is 6.68. The van der Waals surface area contributed by atoms with E-state index in [1.165, 1.54) is 19.3 Å². The van der Waals surface area contributed by atoms with Gasteiger partial charge in [-0.2, -0.15) is 0 Å². The van der Waals surface area contributed by atoms with Crippen LogP contribution in [0.1, 0.15) is 51.6 Å². The van der Waals surface area contributed by atoms with E-state index in [0.717, 1.165) is 31.0 Å². The smallest absolute Gasteiger partial charge is 0.223 e. The molecule has 1 aromatic rings. The lowest BCUT2D eigenvalue weighted by Crippen LogP contribution is -2.32. The number of amides is 1. The van der Waals surface area contributed by atoms with Gasteiger partial charge in [0.2, 0.25) is 5.91 Å². The highest BCUT2D eigenvalue weighted by molar-refractivity contribution is 5.78. The number of nitrogens with zero attached hydrogens (tertiary/aromatic N) is 3. The first-order valence-corrected chi connectivity index (χ1v) is 7.39. The molecule has 0 unspecified atom stereocenters. The van der Waals surface area contributed by atoms with Crippen molar-refractivity contribution < 1.29 is 4.79 Å². The first-order chi connectivity index (χ1) is 9.22. The van der Waals surface area contributed by atoms with Gasteiger partial charge >= 0.3 is 0 Å². The molecule has 1 heterocycles. The van der Waals surface area contributed by atoms with Crippen molar-refractivity contribution in [3.05, 3.63) is 11.9 Å². The third-order valence-corrected chi connectivity index (χ3v) is 4.15. The maximum Gasteiger partial charge on any atom is 0.223 e. The lowest BCUT2D eigenvalue weighted by atomic mass is 9.80. The van der Waals surface area contributed by atoms with Crippen molar-refractivity contribution in [2.75, 3.05) is 0 Å². The Bertz CT molecular complexity index is 407. The molecule has 5 heteroatoms. The Hall–Kier alpha value is -1.39. The van der Waals surface area contributed by atoms with Gasteiger partial charge in [-0.15, -0.1) is 5.10 Å². The third-order valence-electron chi connectivity index (χ3n) is 4.15. The number of aromatic nitrogens is 3. The molecular weight excluding hydrogens is 240 g/mol. The zero-order chi connectivity index (χ0) is 13.7. The summed E-state index contributed by atoms with van der Waals surface area (Å²) >= 11 is 0. The number of carbonyl (C=O) groups excluding carboxylic acids is 1. The Morgan fingerprint density at radius 3 is 2.68 bits per heavy atom. The standard InChI is InChI=1S/C14H24N4O/c1-3-11-5-7-12(8-6-11)14(19)15-9-13-10-18(4-2)17-16-13/h10-12H,3-9H2,1-2H3,(H,15,19). The summed E-state index contributed by atoms with van der Waals surface area (Å²) in [7, 11) is 0. The van der Waals surface area contributed by atoms with Crippen LogP contribution in [-0.4, -0.2) is 20.9 Å². The first kappa shape index (κ1) is 14.0. The van der Waals surface area contributed by atoms with Crippen LogP contribution >= 0.6 is 0 Å². The minimum Gasteiger partial charge on any atom is -0.350 e. The summed E-state index contributed by atoms with van der Waals surface area (Å²) in [4.78, 5) is 12.1. The van der Waals surface area contributed by atoms with E-state index in [1.807, 2.05) is 13.1 Å². The molecule has 0 aliphatic heterocycles. The lowest BCUT2D eigenvalue weighted by Gasteiger charge is -2.26. The zero-order valence-corrected chi connectivity index (χ0v) is 11.9. The molecule has 0 atom stereocenters. The normalized spacial score (nSPS) is 23.3. The fraction of sp³-hybridized carbons (Fsp3) is 0.786. The number of nitrogens with one attached hydrogen (secondary N) is 1. The van der Waals surface area contributed by atoms with Crippen molar-refractivity contribution in [2.45, 2.75) is 59.0 Å². The van der Waals surface area contributed by atoms with Crippen molar-refractivity contribution in [3.63, 3.8) is 0 Å². The van der Waals surface area contributed by atoms with Gasteiger partial charge in [0, 0.05) is 12.5 Å². The van der Waals surface area contributed by atoms with Gasteiger partial charge in [-0.05, 0) is 38.5 Å². The highest BCUT2D eigenvalue weighted by Gasteiger charge is 2.25. The predicted molar refractivity (Wildman–Crippen MR) is 73.3 cm³/mol. The number of hydrogen-bond acceptors (Lipinski definition) is 3. The zero-order valence-electron chi connectivity index (χ0n) is 11.9. The molecule has 1 N–H and O–H groups in total. The molecule has 1 amide bonds. The molecule has 2 rings (SSSR count). The fourth-order valence-corrected chi connectivity index (χ4v) is 2.73. The van der Waals surface area contributed by atoms with E-state index in [2.05, 4.69) is 22.6 Å². The van der Waals surface area contributed by atoms with Crippen molar-refractivity contribution >= 4 is 5.91 Å². The summed E-state index contributed by atoms with van der Waals surface area (Å²) in [6, 6.07) is 0. The quantitative estimate of drug-likeness (QED) is 0.886. The van der Waals surface area contributed by atoms with Crippen LogP contribution in [0, 0.1) is 11.8 Å². The van der Waals surface area contributed by atoms with Crippen LogP contribution in [-0.2, 0) is 17.9 Å². The minimum absolute atomic E-state index is 0.181. The first-order valence-electron chi connectivity index (χ1n) is 7.39. The second-order valence-electron chi connectivity index (χ2n) is 5.41. The van der Waals surface area contributed by atoms with Crippen LogP contribution in [0.2, 0.25) is 0 Å². The Morgan fingerprint density at radius 2 is 2.11 bits per heavy atom. The van der Waals surface area contributed by atoms with Gasteiger partial charge in [0.15, 0.2) is 0 Å². The van der Waals surface area contributed by atoms with E-state index in [1.54, 1.807) is 4.68 Å². The average Bonchev–Trinajstić information content (AvgIpc) is 2.93. The van der Waals surface area contributed by atoms with E-state index in [-0.39, 0.29) is 11.8 Å². The van der Waals surface area contributed by atoms with Crippen molar-refractivity contribution in [1.29, 1.82) is 0 Å². The van der Waals surface area contributed by atoms with E-state index < -0.39 is 0 Å². The highest BCUT2D eigenvalue weighted by atomic mass is 16.1. The average molecular weight is 264 g/mol. The molecule has 0 saturated heterocycles. The molecule has 1 aliphatic rings. The predicted octanol–water partition coefficient (Wildman–Crippen LogP) is 2.13. The van der Waals surface area contributed by atoms with Gasteiger partial charge in [-0.25, -0.2) is 0 Å². The Balaban J connectivity index is 1.75. The number of carbonyl (C=O) groups is 1. The molecule has 106 valence electrons. The van der Waals surface area contributed by atoms with Gasteiger partial charge in [-0.1, -0.05) is 18.6 Å². The minimum atomic E-state index is 0.181. The SMILES string of the molecule is CCC1CCC(C(=O)NCc2cn(CC)nn2)CC1. The number of hydrogen-bond donors (Lipinski definition) is 1. The van der Waals surface area contributed by atoms with Crippen LogP contribution in [0.15, 0.2) is 6.20 Å². The van der Waals surface area contributed by atoms with Gasteiger partial charge < -0.3 is 5.32 Å². The Labute approximate surface area is 114 Å². The number of aryl methyl sites for hydroxylation is 1. The molecule has 0 spiro atoms. The molecular formula is C14H24N4O. The van der Waals surface area contributed by atoms with Crippen LogP contribution in [0.25, 0.3) is 0 Å². The van der Waals surface area contributed by atoms with Crippen molar-refractivity contribution in [2.24, 2.45) is 11.8 Å². The van der Waals surface area contributed by atoms with Gasteiger partial charge in [0.25, 0.3) is 0 Å². The molecule has 0 radical (unpaired) electrons. The van der Waals surface area contributed by atoms with Crippen LogP contribution in [0.5, 0.6) is 0 Å². The summed E-state index contributed by atoms with van der Waals surface area (Å²) in [6.07, 6.45) is 7.59. The van der Waals surface area contributed by atoms with Crippen molar-refractivity contribution in [1.82, 2.24) is 20.3 Å². The Morgan fingerprint density at radius 1 is 1.37 bits per heavy atom. The topological polar surface area (TPSA) is 59.8 Å². The summed E-state index contributed by atoms with van der Waals surface area (Å²) in [5.41, 5.74) is 0.831. The summed E-state index contributed by atoms with van der Waals surface area (Å²) < 4.78 is 1.77. The van der Waals surface area contributed by atoms with E-state index >= 15 is 0 Å². The highest BCUT2D eigenvalue weighted by Crippen LogP contribution is 2.30. The summed E-state index contributed by atoms with van der Waals surface area (Å²) in [5.74, 6) is 1.21. The summed E-state index contributed by atoms with van der Waals surface area (Å²) in [5, 5.41) is 11.0. The van der Waals surface area contributed by atoms with E-state index in [9.17, 15) is 4.79 Å². The largest absolute Gasteiger partial charge is 0.350 e. The van der Waals surface area contributed by atoms with Gasteiger partial charge in [-0.3, -0.25) is 9.48 Å². The lowest BCUT2D eigenvalue weighted by molar-refractivity contribution is -0.126. The molecule has 1 fully saturated rings. The van der Waals surface area contributed by atoms with Crippen LogP contribution < -0.4 is 5.32 Å². The third kappa shape index (κ3) is 3.78. The molecule has 1 aromatic heterocycles. The maximum atomic E-state index is 12.1. The van der Waals surface area contributed by atoms with E-state index in [4.69, 9.17) is 0 Å².